The van der Waals surface area contributed by atoms with Crippen LogP contribution in [0.2, 0.25) is 0 Å². The van der Waals surface area contributed by atoms with E-state index in [0.717, 1.165) is 11.8 Å². The van der Waals surface area contributed by atoms with Gasteiger partial charge >= 0.3 is 5.97 Å². The molecule has 1 aliphatic heterocycles. The Balaban J connectivity index is 2.00. The van der Waals surface area contributed by atoms with E-state index in [1.165, 1.54) is 11.2 Å². The number of thioether (sulfide) groups is 1. The van der Waals surface area contributed by atoms with E-state index in [9.17, 15) is 9.59 Å². The summed E-state index contributed by atoms with van der Waals surface area (Å²) in [6.07, 6.45) is 3.13. The number of ether oxygens (including phenoxy) is 1. The van der Waals surface area contributed by atoms with Gasteiger partial charge in [0.05, 0.1) is 17.8 Å². The second-order valence-electron chi connectivity index (χ2n) is 4.86. The zero-order valence-corrected chi connectivity index (χ0v) is 13.3. The summed E-state index contributed by atoms with van der Waals surface area (Å²) in [5.41, 5.74) is 0. The predicted octanol–water partition coefficient (Wildman–Crippen LogP) is 2.68. The molecule has 0 atom stereocenters. The van der Waals surface area contributed by atoms with E-state index in [1.54, 1.807) is 18.2 Å². The highest BCUT2D eigenvalue weighted by Gasteiger charge is 2.34. The topological polar surface area (TPSA) is 59.8 Å². The van der Waals surface area contributed by atoms with Crippen molar-refractivity contribution in [1.82, 2.24) is 4.90 Å². The number of esters is 1. The number of thiocarbonyl (C=S) groups is 1. The van der Waals surface area contributed by atoms with Crippen LogP contribution >= 0.6 is 24.0 Å². The second kappa shape index (κ2) is 6.91. The van der Waals surface area contributed by atoms with Crippen molar-refractivity contribution in [1.29, 1.82) is 0 Å². The summed E-state index contributed by atoms with van der Waals surface area (Å²) >= 11 is 6.28. The number of hydrogen-bond acceptors (Lipinski definition) is 6. The number of carbonyl (C=O) groups excluding carboxylic acids is 2. The van der Waals surface area contributed by atoms with Crippen LogP contribution in [0, 0.1) is 5.92 Å². The molecule has 0 N–H and O–H groups in total. The Hall–Kier alpha value is -1.60. The molecule has 0 bridgehead atoms. The highest BCUT2D eigenvalue weighted by molar-refractivity contribution is 8.26. The number of amides is 1. The molecular formula is C14H15NO4S2. The zero-order chi connectivity index (χ0) is 15.4. The average Bonchev–Trinajstić information content (AvgIpc) is 3.01. The first-order chi connectivity index (χ1) is 9.97. The first kappa shape index (κ1) is 15.8. The van der Waals surface area contributed by atoms with Gasteiger partial charge in [-0.1, -0.05) is 37.8 Å². The van der Waals surface area contributed by atoms with Crippen molar-refractivity contribution in [2.45, 2.75) is 13.8 Å². The van der Waals surface area contributed by atoms with Crippen LogP contribution in [0.4, 0.5) is 0 Å². The Kier molecular flexibility index (Phi) is 5.19. The summed E-state index contributed by atoms with van der Waals surface area (Å²) in [6, 6.07) is 3.47. The van der Waals surface area contributed by atoms with Crippen molar-refractivity contribution in [3.05, 3.63) is 29.1 Å². The van der Waals surface area contributed by atoms with Crippen LogP contribution in [0.3, 0.4) is 0 Å². The molecule has 0 spiro atoms. The van der Waals surface area contributed by atoms with Gasteiger partial charge in [-0.2, -0.15) is 0 Å². The molecule has 21 heavy (non-hydrogen) atoms. The quantitative estimate of drug-likeness (QED) is 0.471. The Labute approximate surface area is 132 Å². The molecule has 2 rings (SSSR count). The number of nitrogens with zero attached hydrogens (tertiary/aromatic N) is 1. The Bertz CT molecular complexity index is 578. The molecule has 0 aromatic carbocycles. The van der Waals surface area contributed by atoms with Gasteiger partial charge in [0, 0.05) is 6.08 Å². The summed E-state index contributed by atoms with van der Waals surface area (Å²) in [7, 11) is 0. The van der Waals surface area contributed by atoms with E-state index in [1.807, 2.05) is 13.8 Å². The summed E-state index contributed by atoms with van der Waals surface area (Å²) in [5, 5.41) is 0. The molecule has 0 radical (unpaired) electrons. The molecule has 1 amide bonds. The third kappa shape index (κ3) is 4.18. The Morgan fingerprint density at radius 3 is 2.95 bits per heavy atom. The molecular weight excluding hydrogens is 310 g/mol. The molecule has 7 heteroatoms. The summed E-state index contributed by atoms with van der Waals surface area (Å²) < 4.78 is 10.6. The lowest BCUT2D eigenvalue weighted by molar-refractivity contribution is -0.147. The van der Waals surface area contributed by atoms with Gasteiger partial charge in [0.1, 0.15) is 16.6 Å². The molecule has 0 aliphatic carbocycles. The molecule has 112 valence electrons. The minimum atomic E-state index is -0.459. The first-order valence-electron chi connectivity index (χ1n) is 6.42. The number of hydrogen-bond donors (Lipinski definition) is 0. The van der Waals surface area contributed by atoms with Crippen LogP contribution in [-0.2, 0) is 14.3 Å². The molecule has 1 fully saturated rings. The lowest BCUT2D eigenvalue weighted by Gasteiger charge is -2.14. The zero-order valence-electron chi connectivity index (χ0n) is 11.7. The highest BCUT2D eigenvalue weighted by Crippen LogP contribution is 2.32. The molecule has 1 saturated heterocycles. The fourth-order valence-corrected chi connectivity index (χ4v) is 2.81. The molecule has 0 saturated carbocycles. The maximum atomic E-state index is 12.2. The van der Waals surface area contributed by atoms with Crippen molar-refractivity contribution in [3.63, 3.8) is 0 Å². The summed E-state index contributed by atoms with van der Waals surface area (Å²) in [4.78, 5) is 25.6. The van der Waals surface area contributed by atoms with E-state index in [-0.39, 0.29) is 18.4 Å². The van der Waals surface area contributed by atoms with Crippen molar-refractivity contribution in [2.75, 3.05) is 13.2 Å². The van der Waals surface area contributed by atoms with Crippen molar-refractivity contribution < 1.29 is 18.7 Å². The predicted molar refractivity (Wildman–Crippen MR) is 84.4 cm³/mol. The molecule has 2 heterocycles. The van der Waals surface area contributed by atoms with Gasteiger partial charge in [0.2, 0.25) is 0 Å². The molecule has 1 aromatic heterocycles. The van der Waals surface area contributed by atoms with Crippen molar-refractivity contribution in [3.8, 4) is 0 Å². The van der Waals surface area contributed by atoms with Gasteiger partial charge in [0.15, 0.2) is 0 Å². The molecule has 5 nitrogen and oxygen atoms in total. The molecule has 0 unspecified atom stereocenters. The lowest BCUT2D eigenvalue weighted by Crippen LogP contribution is -2.34. The van der Waals surface area contributed by atoms with Crippen LogP contribution in [0.25, 0.3) is 6.08 Å². The van der Waals surface area contributed by atoms with Gasteiger partial charge in [-0.25, -0.2) is 0 Å². The summed E-state index contributed by atoms with van der Waals surface area (Å²) in [5.74, 6) is 0.0546. The van der Waals surface area contributed by atoms with E-state index < -0.39 is 5.97 Å². The van der Waals surface area contributed by atoms with Crippen LogP contribution < -0.4 is 0 Å². The fourth-order valence-electron chi connectivity index (χ4n) is 1.57. The number of carbonyl (C=O) groups is 2. The number of rotatable bonds is 5. The average molecular weight is 325 g/mol. The summed E-state index contributed by atoms with van der Waals surface area (Å²) in [6.45, 7) is 4.06. The van der Waals surface area contributed by atoms with Crippen LogP contribution in [0.15, 0.2) is 27.7 Å². The molecule has 1 aliphatic rings. The van der Waals surface area contributed by atoms with E-state index in [0.29, 0.717) is 21.6 Å². The van der Waals surface area contributed by atoms with E-state index >= 15 is 0 Å². The smallest absolute Gasteiger partial charge is 0.326 e. The third-order valence-electron chi connectivity index (χ3n) is 2.55. The third-order valence-corrected chi connectivity index (χ3v) is 3.93. The van der Waals surface area contributed by atoms with Crippen LogP contribution in [0.5, 0.6) is 0 Å². The largest absolute Gasteiger partial charge is 0.465 e. The minimum absolute atomic E-state index is 0.160. The first-order valence-corrected chi connectivity index (χ1v) is 7.64. The number of furan rings is 1. The Morgan fingerprint density at radius 2 is 2.33 bits per heavy atom. The minimum Gasteiger partial charge on any atom is -0.465 e. The fraction of sp³-hybridized carbons (Fsp3) is 0.357. The van der Waals surface area contributed by atoms with Gasteiger partial charge < -0.3 is 9.15 Å². The van der Waals surface area contributed by atoms with Gasteiger partial charge in [-0.15, -0.1) is 0 Å². The normalized spacial score (nSPS) is 17.1. The lowest BCUT2D eigenvalue weighted by atomic mass is 10.2. The molecule has 1 aromatic rings. The van der Waals surface area contributed by atoms with E-state index in [4.69, 9.17) is 21.4 Å². The second-order valence-corrected chi connectivity index (χ2v) is 6.54. The van der Waals surface area contributed by atoms with Crippen molar-refractivity contribution in [2.24, 2.45) is 5.92 Å². The highest BCUT2D eigenvalue weighted by atomic mass is 32.2. The standard InChI is InChI=1S/C14H15NO4S2/c1-9(2)8-19-12(16)7-15-13(17)11(21-14(15)20)6-10-4-3-5-18-10/h3-6,9H,7-8H2,1-2H3/b11-6-. The van der Waals surface area contributed by atoms with Gasteiger partial charge in [0.25, 0.3) is 5.91 Å². The van der Waals surface area contributed by atoms with Crippen LogP contribution in [-0.4, -0.2) is 34.2 Å². The van der Waals surface area contributed by atoms with Gasteiger partial charge in [-0.3, -0.25) is 14.5 Å². The SMILES string of the molecule is CC(C)COC(=O)CN1C(=O)/C(=C/c2ccco2)SC1=S. The maximum absolute atomic E-state index is 12.2. The van der Waals surface area contributed by atoms with Crippen molar-refractivity contribution >= 4 is 46.3 Å². The monoisotopic (exact) mass is 325 g/mol. The Morgan fingerprint density at radius 1 is 1.57 bits per heavy atom. The van der Waals surface area contributed by atoms with E-state index in [2.05, 4.69) is 0 Å². The maximum Gasteiger partial charge on any atom is 0.326 e. The van der Waals surface area contributed by atoms with Crippen LogP contribution in [0.1, 0.15) is 19.6 Å². The van der Waals surface area contributed by atoms with Gasteiger partial charge in [-0.05, 0) is 18.1 Å².